The van der Waals surface area contributed by atoms with Gasteiger partial charge in [0.2, 0.25) is 0 Å². The Bertz CT molecular complexity index is 976. The summed E-state index contributed by atoms with van der Waals surface area (Å²) in [7, 11) is 0. The third-order valence-corrected chi connectivity index (χ3v) is 5.10. The molecule has 0 aliphatic carbocycles. The Morgan fingerprint density at radius 1 is 1.11 bits per heavy atom. The van der Waals surface area contributed by atoms with Gasteiger partial charge in [0, 0.05) is 31.2 Å². The van der Waals surface area contributed by atoms with Gasteiger partial charge in [-0.25, -0.2) is 4.98 Å². The highest BCUT2D eigenvalue weighted by Crippen LogP contribution is 2.19. The number of rotatable bonds is 4. The average molecular weight is 360 g/mol. The Morgan fingerprint density at radius 3 is 2.67 bits per heavy atom. The quantitative estimate of drug-likeness (QED) is 0.769. The van der Waals surface area contributed by atoms with Crippen molar-refractivity contribution in [2.45, 2.75) is 33.2 Å². The molecule has 5 nitrogen and oxygen atoms in total. The molecule has 1 N–H and O–H groups in total. The molecule has 1 aliphatic rings. The topological polar surface area (TPSA) is 58.1 Å². The molecule has 1 aromatic carbocycles. The normalized spacial score (nSPS) is 13.9. The van der Waals surface area contributed by atoms with Crippen LogP contribution >= 0.6 is 0 Å². The third-order valence-electron chi connectivity index (χ3n) is 5.10. The molecule has 0 atom stereocenters. The lowest BCUT2D eigenvalue weighted by Gasteiger charge is -2.16. The summed E-state index contributed by atoms with van der Waals surface area (Å²) in [5, 5.41) is 3.97. The predicted molar refractivity (Wildman–Crippen MR) is 108 cm³/mol. The summed E-state index contributed by atoms with van der Waals surface area (Å²) in [6.45, 7) is 6.54. The maximum Gasteiger partial charge on any atom is 0.253 e. The van der Waals surface area contributed by atoms with E-state index in [4.69, 9.17) is 0 Å². The average Bonchev–Trinajstić information content (AvgIpc) is 3.20. The van der Waals surface area contributed by atoms with E-state index in [1.54, 1.807) is 0 Å². The number of carbonyl (C=O) groups is 1. The van der Waals surface area contributed by atoms with Crippen molar-refractivity contribution in [1.82, 2.24) is 15.3 Å². The summed E-state index contributed by atoms with van der Waals surface area (Å²) in [6, 6.07) is 12.1. The Morgan fingerprint density at radius 2 is 1.93 bits per heavy atom. The first-order valence-electron chi connectivity index (χ1n) is 9.46. The van der Waals surface area contributed by atoms with Crippen LogP contribution in [0.3, 0.4) is 0 Å². The van der Waals surface area contributed by atoms with Crippen molar-refractivity contribution >= 4 is 22.6 Å². The zero-order chi connectivity index (χ0) is 18.8. The second-order valence-electron chi connectivity index (χ2n) is 7.22. The number of nitrogens with one attached hydrogen (secondary N) is 1. The summed E-state index contributed by atoms with van der Waals surface area (Å²) in [6.07, 6.45) is 4.32. The van der Waals surface area contributed by atoms with Crippen LogP contribution in [-0.4, -0.2) is 29.0 Å². The van der Waals surface area contributed by atoms with Crippen LogP contribution in [-0.2, 0) is 6.54 Å². The van der Waals surface area contributed by atoms with Gasteiger partial charge >= 0.3 is 0 Å². The smallest absolute Gasteiger partial charge is 0.253 e. The Hall–Kier alpha value is -2.95. The summed E-state index contributed by atoms with van der Waals surface area (Å²) in [4.78, 5) is 24.1. The fourth-order valence-corrected chi connectivity index (χ4v) is 3.54. The van der Waals surface area contributed by atoms with Crippen LogP contribution < -0.4 is 10.2 Å². The van der Waals surface area contributed by atoms with Crippen molar-refractivity contribution in [3.05, 3.63) is 65.0 Å². The Labute approximate surface area is 159 Å². The lowest BCUT2D eigenvalue weighted by atomic mass is 10.1. The molecule has 1 amide bonds. The molecule has 3 aromatic rings. The van der Waals surface area contributed by atoms with Crippen molar-refractivity contribution in [2.24, 2.45) is 0 Å². The van der Waals surface area contributed by atoms with E-state index in [9.17, 15) is 4.79 Å². The van der Waals surface area contributed by atoms with Gasteiger partial charge in [0.15, 0.2) is 0 Å². The second-order valence-corrected chi connectivity index (χ2v) is 7.22. The van der Waals surface area contributed by atoms with Crippen LogP contribution in [0.15, 0.2) is 42.6 Å². The zero-order valence-electron chi connectivity index (χ0n) is 15.8. The Balaban J connectivity index is 1.45. The SMILES string of the molecule is Cc1ccc2cc(C(=O)NCc3ccc(N4CCCC4)nc3)c(C)nc2c1. The van der Waals surface area contributed by atoms with Gasteiger partial charge < -0.3 is 10.2 Å². The fourth-order valence-electron chi connectivity index (χ4n) is 3.54. The summed E-state index contributed by atoms with van der Waals surface area (Å²) in [5.41, 5.74) is 4.44. The number of benzene rings is 1. The van der Waals surface area contributed by atoms with Gasteiger partial charge in [0.25, 0.3) is 5.91 Å². The molecular weight excluding hydrogens is 336 g/mol. The largest absolute Gasteiger partial charge is 0.357 e. The van der Waals surface area contributed by atoms with Crippen LogP contribution in [0.25, 0.3) is 10.9 Å². The number of amides is 1. The van der Waals surface area contributed by atoms with Crippen molar-refractivity contribution in [1.29, 1.82) is 0 Å². The van der Waals surface area contributed by atoms with Crippen molar-refractivity contribution in [2.75, 3.05) is 18.0 Å². The Kier molecular flexibility index (Phi) is 4.75. The number of aryl methyl sites for hydroxylation is 2. The number of hydrogen-bond acceptors (Lipinski definition) is 4. The van der Waals surface area contributed by atoms with Gasteiger partial charge in [-0.05, 0) is 56.0 Å². The zero-order valence-corrected chi connectivity index (χ0v) is 15.8. The molecule has 0 bridgehead atoms. The van der Waals surface area contributed by atoms with Gasteiger partial charge in [0.05, 0.1) is 16.8 Å². The van der Waals surface area contributed by atoms with E-state index in [0.717, 1.165) is 46.6 Å². The summed E-state index contributed by atoms with van der Waals surface area (Å²) in [5.74, 6) is 0.915. The van der Waals surface area contributed by atoms with Gasteiger partial charge in [0.1, 0.15) is 5.82 Å². The van der Waals surface area contributed by atoms with Crippen LogP contribution in [0.5, 0.6) is 0 Å². The van der Waals surface area contributed by atoms with Gasteiger partial charge in [-0.15, -0.1) is 0 Å². The summed E-state index contributed by atoms with van der Waals surface area (Å²) >= 11 is 0. The van der Waals surface area contributed by atoms with Crippen molar-refractivity contribution in [3.63, 3.8) is 0 Å². The summed E-state index contributed by atoms with van der Waals surface area (Å²) < 4.78 is 0. The first kappa shape index (κ1) is 17.5. The number of carbonyl (C=O) groups excluding carboxylic acids is 1. The van der Waals surface area contributed by atoms with Crippen molar-refractivity contribution in [3.8, 4) is 0 Å². The van der Waals surface area contributed by atoms with Crippen molar-refractivity contribution < 1.29 is 4.79 Å². The van der Waals surface area contributed by atoms with E-state index in [2.05, 4.69) is 20.2 Å². The fraction of sp³-hybridized carbons (Fsp3) is 0.318. The molecule has 1 aliphatic heterocycles. The van der Waals surface area contributed by atoms with E-state index in [1.165, 1.54) is 12.8 Å². The number of nitrogens with zero attached hydrogens (tertiary/aromatic N) is 3. The minimum atomic E-state index is -0.105. The first-order valence-corrected chi connectivity index (χ1v) is 9.46. The van der Waals surface area contributed by atoms with Crippen LogP contribution in [0, 0.1) is 13.8 Å². The van der Waals surface area contributed by atoms with Gasteiger partial charge in [-0.3, -0.25) is 9.78 Å². The molecule has 2 aromatic heterocycles. The highest BCUT2D eigenvalue weighted by atomic mass is 16.1. The molecule has 138 valence electrons. The highest BCUT2D eigenvalue weighted by Gasteiger charge is 2.14. The van der Waals surface area contributed by atoms with Crippen LogP contribution in [0.2, 0.25) is 0 Å². The molecule has 27 heavy (non-hydrogen) atoms. The third kappa shape index (κ3) is 3.77. The van der Waals surface area contributed by atoms with E-state index >= 15 is 0 Å². The lowest BCUT2D eigenvalue weighted by molar-refractivity contribution is 0.0950. The molecule has 5 heteroatoms. The number of aromatic nitrogens is 2. The maximum atomic E-state index is 12.6. The van der Waals surface area contributed by atoms with Gasteiger partial charge in [-0.2, -0.15) is 0 Å². The number of anilines is 1. The van der Waals surface area contributed by atoms with Crippen LogP contribution in [0.4, 0.5) is 5.82 Å². The molecule has 0 unspecified atom stereocenters. The van der Waals surface area contributed by atoms with E-state index < -0.39 is 0 Å². The van der Waals surface area contributed by atoms with Crippen LogP contribution in [0.1, 0.15) is 40.0 Å². The van der Waals surface area contributed by atoms with E-state index in [1.807, 2.05) is 56.4 Å². The molecule has 3 heterocycles. The molecule has 0 spiro atoms. The van der Waals surface area contributed by atoms with Gasteiger partial charge in [-0.1, -0.05) is 18.2 Å². The molecule has 0 radical (unpaired) electrons. The number of fused-ring (bicyclic) bond motifs is 1. The molecule has 1 fully saturated rings. The molecular formula is C22H24N4O. The number of pyridine rings is 2. The predicted octanol–water partition coefficient (Wildman–Crippen LogP) is 3.78. The molecule has 1 saturated heterocycles. The molecule has 4 rings (SSSR count). The monoisotopic (exact) mass is 360 g/mol. The first-order chi connectivity index (χ1) is 13.1. The minimum Gasteiger partial charge on any atom is -0.357 e. The lowest BCUT2D eigenvalue weighted by Crippen LogP contribution is -2.24. The second kappa shape index (κ2) is 7.35. The minimum absolute atomic E-state index is 0.105. The van der Waals surface area contributed by atoms with E-state index in [0.29, 0.717) is 12.1 Å². The van der Waals surface area contributed by atoms with E-state index in [-0.39, 0.29) is 5.91 Å². The number of hydrogen-bond donors (Lipinski definition) is 1. The standard InChI is InChI=1S/C22H24N4O/c1-15-5-7-18-12-19(16(2)25-20(18)11-15)22(27)24-14-17-6-8-21(23-13-17)26-9-3-4-10-26/h5-8,11-13H,3-4,9-10,14H2,1-2H3,(H,24,27). The molecule has 0 saturated carbocycles. The highest BCUT2D eigenvalue weighted by molar-refractivity contribution is 5.98. The maximum absolute atomic E-state index is 12.6.